The Morgan fingerprint density at radius 1 is 1.00 bits per heavy atom. The Morgan fingerprint density at radius 3 is 2.33 bits per heavy atom. The summed E-state index contributed by atoms with van der Waals surface area (Å²) in [4.78, 5) is 20.2. The van der Waals surface area contributed by atoms with E-state index >= 15 is 0 Å². The number of piperidine rings is 1. The van der Waals surface area contributed by atoms with Crippen molar-refractivity contribution in [2.75, 3.05) is 57.4 Å². The van der Waals surface area contributed by atoms with Crippen molar-refractivity contribution >= 4 is 28.8 Å². The number of aliphatic carboxylic acids is 1. The zero-order valence-corrected chi connectivity index (χ0v) is 33.1. The minimum atomic E-state index is -4.58. The number of hydrogen-bond acceptors (Lipinski definition) is 7. The van der Waals surface area contributed by atoms with Crippen LogP contribution in [-0.2, 0) is 21.2 Å². The van der Waals surface area contributed by atoms with Crippen molar-refractivity contribution in [2.45, 2.75) is 62.8 Å². The Labute approximate surface area is 345 Å². The molecule has 1 saturated carbocycles. The van der Waals surface area contributed by atoms with Crippen LogP contribution < -0.4 is 66.1 Å². The van der Waals surface area contributed by atoms with E-state index in [1.807, 2.05) is 37.3 Å². The zero-order chi connectivity index (χ0) is 35.0. The molecule has 3 aliphatic heterocycles. The van der Waals surface area contributed by atoms with E-state index in [1.165, 1.54) is 12.1 Å². The third-order valence-corrected chi connectivity index (χ3v) is 11.0. The van der Waals surface area contributed by atoms with Gasteiger partial charge in [-0.1, -0.05) is 61.0 Å². The maximum atomic E-state index is 14.3. The van der Waals surface area contributed by atoms with Crippen molar-refractivity contribution in [2.24, 2.45) is 0 Å². The second-order valence-corrected chi connectivity index (χ2v) is 14.2. The first-order valence-electron chi connectivity index (χ1n) is 17.6. The summed E-state index contributed by atoms with van der Waals surface area (Å²) >= 11 is 6.79. The molecular formula is C39H42ClF3KN3O4. The number of carbonyl (C=O) groups excluding carboxylic acids is 1. The molecule has 1 aliphatic carbocycles. The van der Waals surface area contributed by atoms with Crippen molar-refractivity contribution < 1.29 is 83.9 Å². The van der Waals surface area contributed by atoms with Gasteiger partial charge in [0, 0.05) is 48.6 Å². The van der Waals surface area contributed by atoms with Crippen molar-refractivity contribution in [1.82, 2.24) is 9.80 Å². The van der Waals surface area contributed by atoms with Gasteiger partial charge in [-0.3, -0.25) is 9.80 Å². The third-order valence-electron chi connectivity index (χ3n) is 10.7. The number of nitrogens with zero attached hydrogens (tertiary/aromatic N) is 3. The van der Waals surface area contributed by atoms with Gasteiger partial charge in [0.1, 0.15) is 5.75 Å². The summed E-state index contributed by atoms with van der Waals surface area (Å²) in [5.74, 6) is -0.987. The van der Waals surface area contributed by atoms with Gasteiger partial charge in [-0.15, -0.1) is 0 Å². The summed E-state index contributed by atoms with van der Waals surface area (Å²) in [6, 6.07) is 18.2. The molecule has 7 rings (SSSR count). The molecule has 1 atom stereocenters. The van der Waals surface area contributed by atoms with E-state index in [9.17, 15) is 23.1 Å². The van der Waals surface area contributed by atoms with Crippen LogP contribution >= 0.6 is 11.6 Å². The average molecular weight is 748 g/mol. The molecular weight excluding hydrogens is 706 g/mol. The molecule has 266 valence electrons. The molecule has 3 heterocycles. The van der Waals surface area contributed by atoms with Crippen LogP contribution in [0.3, 0.4) is 0 Å². The largest absolute Gasteiger partial charge is 1.00 e. The topological polar surface area (TPSA) is 68.3 Å². The van der Waals surface area contributed by atoms with E-state index in [0.29, 0.717) is 54.0 Å². The van der Waals surface area contributed by atoms with Gasteiger partial charge < -0.3 is 24.3 Å². The molecule has 2 saturated heterocycles. The second kappa shape index (κ2) is 16.2. The number of anilines is 1. The quantitative estimate of drug-likeness (QED) is 0.294. The standard InChI is InChI=1S/C39H43ClF3N3O4.K/c1-2-19-50-34-24-33-30(23-32(34)40)35(37(47)48)31(25-44-15-11-29(12-16-44)45-17-20-49-21-18-45)36(26-7-6-10-28(22-26)39(41,42)43)46(33)38(13-14-38)27-8-4-3-5-9-27;/h3-10,22-24,29,36H,2,11-21,25H2,1H3,(H,47,48);/q;+1/p-1. The van der Waals surface area contributed by atoms with Gasteiger partial charge in [0.2, 0.25) is 0 Å². The van der Waals surface area contributed by atoms with E-state index in [0.717, 1.165) is 69.9 Å². The number of halogens is 4. The maximum Gasteiger partial charge on any atom is 1.00 e. The number of carbonyl (C=O) groups is 1. The van der Waals surface area contributed by atoms with E-state index in [4.69, 9.17) is 21.1 Å². The number of rotatable bonds is 10. The fraction of sp³-hybridized carbons (Fsp3) is 0.462. The number of benzene rings is 3. The van der Waals surface area contributed by atoms with E-state index in [-0.39, 0.29) is 68.5 Å². The van der Waals surface area contributed by atoms with Gasteiger partial charge in [0.05, 0.1) is 48.0 Å². The minimum Gasteiger partial charge on any atom is -0.545 e. The number of alkyl halides is 3. The molecule has 3 fully saturated rings. The number of morpholine rings is 1. The van der Waals surface area contributed by atoms with Crippen LogP contribution in [0.15, 0.2) is 72.3 Å². The number of carboxylic acids is 1. The van der Waals surface area contributed by atoms with Crippen molar-refractivity contribution in [3.63, 3.8) is 0 Å². The van der Waals surface area contributed by atoms with E-state index in [2.05, 4.69) is 14.7 Å². The van der Waals surface area contributed by atoms with Crippen molar-refractivity contribution in [3.8, 4) is 5.75 Å². The van der Waals surface area contributed by atoms with Crippen LogP contribution in [0.2, 0.25) is 5.02 Å². The minimum absolute atomic E-state index is 0. The number of fused-ring (bicyclic) bond motifs is 1. The first-order valence-corrected chi connectivity index (χ1v) is 18.0. The molecule has 0 N–H and O–H groups in total. The number of ether oxygens (including phenoxy) is 2. The first kappa shape index (κ1) is 38.8. The van der Waals surface area contributed by atoms with E-state index in [1.54, 1.807) is 18.2 Å². The van der Waals surface area contributed by atoms with Crippen LogP contribution in [0, 0.1) is 0 Å². The molecule has 0 bridgehead atoms. The third kappa shape index (κ3) is 7.98. The smallest absolute Gasteiger partial charge is 0.545 e. The molecule has 4 aliphatic rings. The first-order chi connectivity index (χ1) is 24.1. The predicted molar refractivity (Wildman–Crippen MR) is 185 cm³/mol. The van der Waals surface area contributed by atoms with Gasteiger partial charge in [-0.05, 0) is 80.1 Å². The molecule has 51 heavy (non-hydrogen) atoms. The predicted octanol–water partition coefficient (Wildman–Crippen LogP) is 3.70. The summed E-state index contributed by atoms with van der Waals surface area (Å²) < 4.78 is 54.4. The summed E-state index contributed by atoms with van der Waals surface area (Å²) in [7, 11) is 0. The maximum absolute atomic E-state index is 14.3. The Morgan fingerprint density at radius 2 is 1.71 bits per heavy atom. The fourth-order valence-electron chi connectivity index (χ4n) is 8.15. The summed E-state index contributed by atoms with van der Waals surface area (Å²) in [5, 5.41) is 13.6. The molecule has 0 spiro atoms. The van der Waals surface area contributed by atoms with Gasteiger partial charge in [0.15, 0.2) is 0 Å². The Hall–Kier alpha value is -1.93. The summed E-state index contributed by atoms with van der Waals surface area (Å²) in [5.41, 5.74) is 1.42. The Kier molecular flexibility index (Phi) is 12.3. The van der Waals surface area contributed by atoms with Crippen LogP contribution in [0.4, 0.5) is 18.9 Å². The van der Waals surface area contributed by atoms with Crippen molar-refractivity contribution in [3.05, 3.63) is 99.6 Å². The monoisotopic (exact) mass is 747 g/mol. The number of carboxylic acid groups (broad SMARTS) is 1. The van der Waals surface area contributed by atoms with Gasteiger partial charge >= 0.3 is 57.6 Å². The summed E-state index contributed by atoms with van der Waals surface area (Å²) in [6.07, 6.45) is -0.576. The van der Waals surface area contributed by atoms with Crippen LogP contribution in [0.5, 0.6) is 5.75 Å². The number of likely N-dealkylation sites (tertiary alicyclic amines) is 1. The molecule has 0 aromatic heterocycles. The molecule has 7 nitrogen and oxygen atoms in total. The molecule has 0 amide bonds. The Balaban J connectivity index is 0.00000448. The SMILES string of the molecule is CCCOc1cc2c(cc1Cl)C(C(=O)[O-])=C(CN1CCC(N3CCOCC3)CC1)C(c1cccc(C(F)(F)F)c1)N2C1(c2ccccc2)CC1.[K+]. The molecule has 3 aromatic carbocycles. The molecule has 12 heteroatoms. The Bertz CT molecular complexity index is 1740. The number of hydrogen-bond donors (Lipinski definition) is 0. The van der Waals surface area contributed by atoms with Crippen LogP contribution in [0.25, 0.3) is 5.57 Å². The summed E-state index contributed by atoms with van der Waals surface area (Å²) in [6.45, 7) is 7.29. The average Bonchev–Trinajstić information content (AvgIpc) is 3.93. The molecule has 3 aromatic rings. The zero-order valence-electron chi connectivity index (χ0n) is 29.2. The van der Waals surface area contributed by atoms with Gasteiger partial charge in [-0.2, -0.15) is 13.2 Å². The van der Waals surface area contributed by atoms with Crippen LogP contribution in [0.1, 0.15) is 67.3 Å². The normalized spacial score (nSPS) is 21.2. The van der Waals surface area contributed by atoms with Gasteiger partial charge in [0.25, 0.3) is 0 Å². The van der Waals surface area contributed by atoms with Crippen LogP contribution in [-0.4, -0.2) is 74.4 Å². The van der Waals surface area contributed by atoms with Gasteiger partial charge in [-0.25, -0.2) is 0 Å². The molecule has 1 unspecified atom stereocenters. The molecule has 0 radical (unpaired) electrons. The van der Waals surface area contributed by atoms with E-state index < -0.39 is 29.3 Å². The fourth-order valence-corrected chi connectivity index (χ4v) is 8.37. The van der Waals surface area contributed by atoms with Crippen molar-refractivity contribution in [1.29, 1.82) is 0 Å². The second-order valence-electron chi connectivity index (χ2n) is 13.8.